The molecule has 116 valence electrons. The maximum atomic E-state index is 12.4. The second kappa shape index (κ2) is 9.81. The summed E-state index contributed by atoms with van der Waals surface area (Å²) >= 11 is 0. The van der Waals surface area contributed by atoms with Crippen LogP contribution in [0.25, 0.3) is 0 Å². The van der Waals surface area contributed by atoms with Gasteiger partial charge in [-0.3, -0.25) is 9.69 Å². The van der Waals surface area contributed by atoms with Crippen LogP contribution in [0, 0.1) is 11.8 Å². The van der Waals surface area contributed by atoms with Crippen molar-refractivity contribution in [1.29, 1.82) is 0 Å². The Bertz CT molecular complexity index is 254. The van der Waals surface area contributed by atoms with Gasteiger partial charge in [0.1, 0.15) is 0 Å². The molecule has 1 amide bonds. The highest BCUT2D eigenvalue weighted by Crippen LogP contribution is 2.19. The van der Waals surface area contributed by atoms with E-state index in [4.69, 9.17) is 0 Å². The van der Waals surface area contributed by atoms with Gasteiger partial charge in [-0.05, 0) is 45.9 Å². The number of likely N-dealkylation sites (N-methyl/N-ethyl adjacent to an activating group) is 1. The molecule has 6 heteroatoms. The van der Waals surface area contributed by atoms with Gasteiger partial charge in [0.2, 0.25) is 5.91 Å². The van der Waals surface area contributed by atoms with E-state index in [1.807, 2.05) is 30.9 Å². The lowest BCUT2D eigenvalue weighted by atomic mass is 10.0. The summed E-state index contributed by atoms with van der Waals surface area (Å²) in [6.07, 6.45) is 1.13. The number of amides is 1. The Labute approximate surface area is 130 Å². The van der Waals surface area contributed by atoms with Gasteiger partial charge >= 0.3 is 0 Å². The summed E-state index contributed by atoms with van der Waals surface area (Å²) in [7, 11) is 5.95. The minimum Gasteiger partial charge on any atom is -0.341 e. The summed E-state index contributed by atoms with van der Waals surface area (Å²) in [5.74, 6) is 1.28. The van der Waals surface area contributed by atoms with Crippen LogP contribution in [-0.4, -0.2) is 62.5 Å². The second-order valence-corrected chi connectivity index (χ2v) is 5.65. The van der Waals surface area contributed by atoms with Crippen molar-refractivity contribution < 1.29 is 4.79 Å². The fourth-order valence-corrected chi connectivity index (χ4v) is 2.78. The molecular formula is C13H29Cl2N3O. The van der Waals surface area contributed by atoms with Crippen LogP contribution in [-0.2, 0) is 4.79 Å². The van der Waals surface area contributed by atoms with Crippen LogP contribution in [0.3, 0.4) is 0 Å². The molecular weight excluding hydrogens is 285 g/mol. The molecule has 1 saturated heterocycles. The van der Waals surface area contributed by atoms with Gasteiger partial charge in [-0.2, -0.15) is 0 Å². The molecule has 0 aromatic carbocycles. The smallest absolute Gasteiger partial charge is 0.240 e. The van der Waals surface area contributed by atoms with Crippen molar-refractivity contribution >= 4 is 30.7 Å². The fourth-order valence-electron chi connectivity index (χ4n) is 2.78. The van der Waals surface area contributed by atoms with E-state index in [-0.39, 0.29) is 30.9 Å². The Morgan fingerprint density at radius 3 is 2.37 bits per heavy atom. The summed E-state index contributed by atoms with van der Waals surface area (Å²) in [5.41, 5.74) is 0. The average Bonchev–Trinajstić information content (AvgIpc) is 2.65. The molecule has 1 aliphatic rings. The SMILES string of the molecule is CNCC1CCN(C(=O)C(C(C)C)N(C)C)C1.Cl.Cl. The first-order chi connectivity index (χ1) is 7.97. The highest BCUT2D eigenvalue weighted by molar-refractivity contribution is 5.85. The summed E-state index contributed by atoms with van der Waals surface area (Å²) in [4.78, 5) is 16.5. The van der Waals surface area contributed by atoms with E-state index in [1.165, 1.54) is 0 Å². The molecule has 1 fully saturated rings. The van der Waals surface area contributed by atoms with Crippen LogP contribution in [0.1, 0.15) is 20.3 Å². The van der Waals surface area contributed by atoms with E-state index in [2.05, 4.69) is 19.2 Å². The minimum atomic E-state index is 0. The maximum Gasteiger partial charge on any atom is 0.240 e. The lowest BCUT2D eigenvalue weighted by Crippen LogP contribution is -2.48. The number of hydrogen-bond acceptors (Lipinski definition) is 3. The van der Waals surface area contributed by atoms with Crippen molar-refractivity contribution in [2.45, 2.75) is 26.3 Å². The second-order valence-electron chi connectivity index (χ2n) is 5.65. The Morgan fingerprint density at radius 1 is 1.37 bits per heavy atom. The molecule has 0 aromatic heterocycles. The van der Waals surface area contributed by atoms with Crippen LogP contribution < -0.4 is 5.32 Å². The molecule has 0 bridgehead atoms. The van der Waals surface area contributed by atoms with E-state index in [0.29, 0.717) is 17.7 Å². The van der Waals surface area contributed by atoms with Gasteiger partial charge in [-0.1, -0.05) is 13.8 Å². The fraction of sp³-hybridized carbons (Fsp3) is 0.923. The quantitative estimate of drug-likeness (QED) is 0.835. The third-order valence-corrected chi connectivity index (χ3v) is 3.53. The molecule has 2 unspecified atom stereocenters. The van der Waals surface area contributed by atoms with Crippen LogP contribution in [0.4, 0.5) is 0 Å². The molecule has 0 saturated carbocycles. The normalized spacial score (nSPS) is 20.2. The van der Waals surface area contributed by atoms with Crippen molar-refractivity contribution in [2.75, 3.05) is 40.8 Å². The van der Waals surface area contributed by atoms with Gasteiger partial charge in [0.05, 0.1) is 6.04 Å². The summed E-state index contributed by atoms with van der Waals surface area (Å²) in [6.45, 7) is 7.07. The molecule has 1 rings (SSSR count). The van der Waals surface area contributed by atoms with Crippen LogP contribution in [0.2, 0.25) is 0 Å². The lowest BCUT2D eigenvalue weighted by Gasteiger charge is -2.30. The first-order valence-corrected chi connectivity index (χ1v) is 6.57. The van der Waals surface area contributed by atoms with E-state index >= 15 is 0 Å². The average molecular weight is 314 g/mol. The molecule has 1 N–H and O–H groups in total. The van der Waals surface area contributed by atoms with Gasteiger partial charge in [-0.15, -0.1) is 24.8 Å². The van der Waals surface area contributed by atoms with Crippen molar-refractivity contribution in [2.24, 2.45) is 11.8 Å². The summed E-state index contributed by atoms with van der Waals surface area (Å²) < 4.78 is 0. The van der Waals surface area contributed by atoms with Gasteiger partial charge < -0.3 is 10.2 Å². The zero-order chi connectivity index (χ0) is 13.0. The monoisotopic (exact) mass is 313 g/mol. The molecule has 19 heavy (non-hydrogen) atoms. The standard InChI is InChI=1S/C13H27N3O.2ClH/c1-10(2)12(15(4)5)13(17)16-7-6-11(9-16)8-14-3;;/h10-12,14H,6-9H2,1-5H3;2*1H. The van der Waals surface area contributed by atoms with E-state index in [9.17, 15) is 4.79 Å². The highest BCUT2D eigenvalue weighted by atomic mass is 35.5. The number of carbonyl (C=O) groups excluding carboxylic acids is 1. The molecule has 1 heterocycles. The van der Waals surface area contributed by atoms with Gasteiger partial charge in [0, 0.05) is 13.1 Å². The number of likely N-dealkylation sites (tertiary alicyclic amines) is 1. The predicted molar refractivity (Wildman–Crippen MR) is 85.4 cm³/mol. The number of nitrogens with zero attached hydrogens (tertiary/aromatic N) is 2. The van der Waals surface area contributed by atoms with Gasteiger partial charge in [-0.25, -0.2) is 0 Å². The van der Waals surface area contributed by atoms with Crippen molar-refractivity contribution in [3.05, 3.63) is 0 Å². The Hall–Kier alpha value is -0.0300. The maximum absolute atomic E-state index is 12.4. The first kappa shape index (κ1) is 21.3. The number of carbonyl (C=O) groups is 1. The summed E-state index contributed by atoms with van der Waals surface area (Å²) in [6, 6.07) is 0.0170. The third kappa shape index (κ3) is 5.86. The zero-order valence-corrected chi connectivity index (χ0v) is 14.3. The minimum absolute atomic E-state index is 0. The summed E-state index contributed by atoms with van der Waals surface area (Å²) in [5, 5.41) is 3.20. The lowest BCUT2D eigenvalue weighted by molar-refractivity contribution is -0.136. The Kier molecular flexibility index (Phi) is 11.0. The zero-order valence-electron chi connectivity index (χ0n) is 12.7. The largest absolute Gasteiger partial charge is 0.341 e. The van der Waals surface area contributed by atoms with Crippen LogP contribution in [0.5, 0.6) is 0 Å². The molecule has 4 nitrogen and oxygen atoms in total. The Morgan fingerprint density at radius 2 is 1.95 bits per heavy atom. The predicted octanol–water partition coefficient (Wildman–Crippen LogP) is 1.48. The Balaban J connectivity index is 0. The molecule has 1 aliphatic heterocycles. The van der Waals surface area contributed by atoms with Gasteiger partial charge in [0.25, 0.3) is 0 Å². The molecule has 0 aliphatic carbocycles. The molecule has 2 atom stereocenters. The van der Waals surface area contributed by atoms with Crippen molar-refractivity contribution in [3.8, 4) is 0 Å². The van der Waals surface area contributed by atoms with E-state index < -0.39 is 0 Å². The third-order valence-electron chi connectivity index (χ3n) is 3.53. The van der Waals surface area contributed by atoms with E-state index in [1.54, 1.807) is 0 Å². The molecule has 0 radical (unpaired) electrons. The topological polar surface area (TPSA) is 35.6 Å². The number of hydrogen-bond donors (Lipinski definition) is 1. The van der Waals surface area contributed by atoms with E-state index in [0.717, 1.165) is 26.1 Å². The van der Waals surface area contributed by atoms with Crippen molar-refractivity contribution in [1.82, 2.24) is 15.1 Å². The number of halogens is 2. The van der Waals surface area contributed by atoms with Crippen molar-refractivity contribution in [3.63, 3.8) is 0 Å². The molecule has 0 spiro atoms. The molecule has 0 aromatic rings. The highest BCUT2D eigenvalue weighted by Gasteiger charge is 2.33. The number of nitrogens with one attached hydrogen (secondary N) is 1. The van der Waals surface area contributed by atoms with Crippen LogP contribution in [0.15, 0.2) is 0 Å². The number of rotatable bonds is 5. The first-order valence-electron chi connectivity index (χ1n) is 6.57. The van der Waals surface area contributed by atoms with Gasteiger partial charge in [0.15, 0.2) is 0 Å². The van der Waals surface area contributed by atoms with Crippen LogP contribution >= 0.6 is 24.8 Å².